The van der Waals surface area contributed by atoms with E-state index in [2.05, 4.69) is 23.7 Å². The minimum absolute atomic E-state index is 0.00774. The van der Waals surface area contributed by atoms with Crippen molar-refractivity contribution in [2.45, 2.75) is 47.6 Å². The third kappa shape index (κ3) is 3.98. The van der Waals surface area contributed by atoms with Crippen molar-refractivity contribution < 1.29 is 9.59 Å². The predicted octanol–water partition coefficient (Wildman–Crippen LogP) is 4.42. The molecule has 5 heteroatoms. The van der Waals surface area contributed by atoms with Crippen molar-refractivity contribution in [1.82, 2.24) is 9.47 Å². The fourth-order valence-electron chi connectivity index (χ4n) is 3.39. The predicted molar refractivity (Wildman–Crippen MR) is 106 cm³/mol. The van der Waals surface area contributed by atoms with E-state index < -0.39 is 0 Å². The van der Waals surface area contributed by atoms with Crippen molar-refractivity contribution >= 4 is 17.5 Å². The number of nitrogens with one attached hydrogen (secondary N) is 1. The standard InChI is InChI=1S/C21H29N3O2/c1-7-23(8-2)21(26)17-9-11-18(12-10-17)22-20(25)19-13-15(5)24(14(3)4)16(19)6/h9-14H,7-8H2,1-6H3,(H,22,25). The highest BCUT2D eigenvalue weighted by molar-refractivity contribution is 6.05. The van der Waals surface area contributed by atoms with E-state index in [4.69, 9.17) is 0 Å². The minimum atomic E-state index is -0.132. The molecule has 2 aromatic rings. The largest absolute Gasteiger partial charge is 0.346 e. The Morgan fingerprint density at radius 3 is 2.12 bits per heavy atom. The molecule has 26 heavy (non-hydrogen) atoms. The first-order valence-corrected chi connectivity index (χ1v) is 9.19. The molecular formula is C21H29N3O2. The molecule has 1 N–H and O–H groups in total. The van der Waals surface area contributed by atoms with Gasteiger partial charge in [-0.3, -0.25) is 9.59 Å². The lowest BCUT2D eigenvalue weighted by molar-refractivity contribution is 0.0773. The normalized spacial score (nSPS) is 10.9. The molecular weight excluding hydrogens is 326 g/mol. The highest BCUT2D eigenvalue weighted by Crippen LogP contribution is 2.21. The van der Waals surface area contributed by atoms with Gasteiger partial charge in [-0.1, -0.05) is 0 Å². The Balaban J connectivity index is 2.16. The van der Waals surface area contributed by atoms with Crippen LogP contribution in [0.5, 0.6) is 0 Å². The summed E-state index contributed by atoms with van der Waals surface area (Å²) in [6.45, 7) is 13.5. The van der Waals surface area contributed by atoms with Crippen LogP contribution in [0.3, 0.4) is 0 Å². The molecule has 140 valence electrons. The van der Waals surface area contributed by atoms with E-state index >= 15 is 0 Å². The van der Waals surface area contributed by atoms with E-state index in [1.54, 1.807) is 29.2 Å². The molecule has 0 aliphatic rings. The first-order chi connectivity index (χ1) is 12.3. The molecule has 0 unspecified atom stereocenters. The van der Waals surface area contributed by atoms with Crippen LogP contribution in [0.25, 0.3) is 0 Å². The lowest BCUT2D eigenvalue weighted by Gasteiger charge is -2.18. The molecule has 2 rings (SSSR count). The Hall–Kier alpha value is -2.56. The Labute approximate surface area is 156 Å². The van der Waals surface area contributed by atoms with Crippen molar-refractivity contribution in [3.63, 3.8) is 0 Å². The highest BCUT2D eigenvalue weighted by atomic mass is 16.2. The summed E-state index contributed by atoms with van der Waals surface area (Å²) >= 11 is 0. The zero-order valence-corrected chi connectivity index (χ0v) is 16.6. The topological polar surface area (TPSA) is 54.3 Å². The summed E-state index contributed by atoms with van der Waals surface area (Å²) < 4.78 is 2.15. The summed E-state index contributed by atoms with van der Waals surface area (Å²) in [7, 11) is 0. The lowest BCUT2D eigenvalue weighted by atomic mass is 10.1. The van der Waals surface area contributed by atoms with E-state index in [1.807, 2.05) is 33.8 Å². The zero-order chi connectivity index (χ0) is 19.4. The van der Waals surface area contributed by atoms with Crippen molar-refractivity contribution in [3.05, 3.63) is 52.8 Å². The average molecular weight is 355 g/mol. The maximum Gasteiger partial charge on any atom is 0.257 e. The van der Waals surface area contributed by atoms with Gasteiger partial charge in [0.2, 0.25) is 0 Å². The van der Waals surface area contributed by atoms with Crippen LogP contribution in [0, 0.1) is 13.8 Å². The molecule has 1 heterocycles. The number of nitrogens with zero attached hydrogens (tertiary/aromatic N) is 2. The Kier molecular flexibility index (Phi) is 6.24. The summed E-state index contributed by atoms with van der Waals surface area (Å²) in [5, 5.41) is 2.92. The molecule has 0 fully saturated rings. The average Bonchev–Trinajstić information content (AvgIpc) is 2.91. The van der Waals surface area contributed by atoms with Gasteiger partial charge in [0.25, 0.3) is 11.8 Å². The Morgan fingerprint density at radius 1 is 1.08 bits per heavy atom. The van der Waals surface area contributed by atoms with Crippen molar-refractivity contribution in [2.24, 2.45) is 0 Å². The summed E-state index contributed by atoms with van der Waals surface area (Å²) in [6, 6.07) is 9.29. The first kappa shape index (κ1) is 19.8. The van der Waals surface area contributed by atoms with E-state index in [0.29, 0.717) is 35.9 Å². The number of carbonyl (C=O) groups is 2. The van der Waals surface area contributed by atoms with Crippen LogP contribution in [-0.2, 0) is 0 Å². The van der Waals surface area contributed by atoms with Gasteiger partial charge in [-0.25, -0.2) is 0 Å². The number of rotatable bonds is 6. The Bertz CT molecular complexity index is 784. The van der Waals surface area contributed by atoms with Gasteiger partial charge in [0.15, 0.2) is 0 Å². The molecule has 0 aliphatic heterocycles. The minimum Gasteiger partial charge on any atom is -0.346 e. The quantitative estimate of drug-likeness (QED) is 0.834. The fourth-order valence-corrected chi connectivity index (χ4v) is 3.39. The van der Waals surface area contributed by atoms with Crippen LogP contribution in [0.1, 0.15) is 65.8 Å². The third-order valence-electron chi connectivity index (χ3n) is 4.69. The third-order valence-corrected chi connectivity index (χ3v) is 4.69. The number of aryl methyl sites for hydroxylation is 1. The fraction of sp³-hybridized carbons (Fsp3) is 0.429. The number of hydrogen-bond donors (Lipinski definition) is 1. The van der Waals surface area contributed by atoms with E-state index in [0.717, 1.165) is 11.4 Å². The number of anilines is 1. The van der Waals surface area contributed by atoms with Crippen LogP contribution >= 0.6 is 0 Å². The number of amides is 2. The number of carbonyl (C=O) groups excluding carboxylic acids is 2. The molecule has 0 aliphatic carbocycles. The number of benzene rings is 1. The van der Waals surface area contributed by atoms with Gasteiger partial charge < -0.3 is 14.8 Å². The van der Waals surface area contributed by atoms with E-state index in [1.165, 1.54) is 0 Å². The zero-order valence-electron chi connectivity index (χ0n) is 16.6. The molecule has 0 saturated heterocycles. The first-order valence-electron chi connectivity index (χ1n) is 9.19. The summed E-state index contributed by atoms with van der Waals surface area (Å²) in [5.74, 6) is -0.124. The SMILES string of the molecule is CCN(CC)C(=O)c1ccc(NC(=O)c2cc(C)n(C(C)C)c2C)cc1. The monoisotopic (exact) mass is 355 g/mol. The van der Waals surface area contributed by atoms with Gasteiger partial charge in [-0.2, -0.15) is 0 Å². The molecule has 0 atom stereocenters. The van der Waals surface area contributed by atoms with Crippen molar-refractivity contribution in [1.29, 1.82) is 0 Å². The summed E-state index contributed by atoms with van der Waals surface area (Å²) in [5.41, 5.74) is 4.02. The van der Waals surface area contributed by atoms with E-state index in [-0.39, 0.29) is 11.8 Å². The van der Waals surface area contributed by atoms with Crippen LogP contribution in [0.2, 0.25) is 0 Å². The van der Waals surface area contributed by atoms with Gasteiger partial charge >= 0.3 is 0 Å². The number of aromatic nitrogens is 1. The number of hydrogen-bond acceptors (Lipinski definition) is 2. The second kappa shape index (κ2) is 8.21. The highest BCUT2D eigenvalue weighted by Gasteiger charge is 2.17. The molecule has 1 aromatic carbocycles. The summed E-state index contributed by atoms with van der Waals surface area (Å²) in [6.07, 6.45) is 0. The lowest BCUT2D eigenvalue weighted by Crippen LogP contribution is -2.30. The van der Waals surface area contributed by atoms with Crippen molar-refractivity contribution in [3.8, 4) is 0 Å². The second-order valence-corrected chi connectivity index (χ2v) is 6.76. The van der Waals surface area contributed by atoms with Crippen LogP contribution < -0.4 is 5.32 Å². The molecule has 1 aromatic heterocycles. The van der Waals surface area contributed by atoms with Crippen molar-refractivity contribution in [2.75, 3.05) is 18.4 Å². The van der Waals surface area contributed by atoms with Gasteiger partial charge in [0, 0.05) is 41.8 Å². The van der Waals surface area contributed by atoms with Gasteiger partial charge in [-0.05, 0) is 71.9 Å². The maximum atomic E-state index is 12.6. The molecule has 0 bridgehead atoms. The smallest absolute Gasteiger partial charge is 0.257 e. The van der Waals surface area contributed by atoms with Crippen LogP contribution in [0.15, 0.2) is 30.3 Å². The van der Waals surface area contributed by atoms with Gasteiger partial charge in [0.1, 0.15) is 0 Å². The van der Waals surface area contributed by atoms with Gasteiger partial charge in [0.05, 0.1) is 5.56 Å². The Morgan fingerprint density at radius 2 is 1.65 bits per heavy atom. The second-order valence-electron chi connectivity index (χ2n) is 6.76. The van der Waals surface area contributed by atoms with Crippen LogP contribution in [-0.4, -0.2) is 34.4 Å². The molecule has 0 radical (unpaired) electrons. The molecule has 2 amide bonds. The maximum absolute atomic E-state index is 12.6. The van der Waals surface area contributed by atoms with Gasteiger partial charge in [-0.15, -0.1) is 0 Å². The summed E-state index contributed by atoms with van der Waals surface area (Å²) in [4.78, 5) is 26.8. The molecule has 0 saturated carbocycles. The van der Waals surface area contributed by atoms with Crippen LogP contribution in [0.4, 0.5) is 5.69 Å². The molecule has 0 spiro atoms. The molecule has 5 nitrogen and oxygen atoms in total. The van der Waals surface area contributed by atoms with E-state index in [9.17, 15) is 9.59 Å².